The van der Waals surface area contributed by atoms with Gasteiger partial charge in [0.25, 0.3) is 0 Å². The predicted octanol–water partition coefficient (Wildman–Crippen LogP) is 3.09. The van der Waals surface area contributed by atoms with E-state index in [0.29, 0.717) is 21.6 Å². The lowest BCUT2D eigenvalue weighted by molar-refractivity contribution is -0.139. The average Bonchev–Trinajstić information content (AvgIpc) is 2.30. The first-order valence-electron chi connectivity index (χ1n) is 5.19. The Morgan fingerprint density at radius 1 is 1.50 bits per heavy atom. The number of halogens is 2. The van der Waals surface area contributed by atoms with E-state index < -0.39 is 18.0 Å². The van der Waals surface area contributed by atoms with Crippen molar-refractivity contribution < 1.29 is 14.7 Å². The molecule has 7 heteroatoms. The van der Waals surface area contributed by atoms with Crippen LogP contribution in [-0.2, 0) is 4.79 Å². The van der Waals surface area contributed by atoms with E-state index in [4.69, 9.17) is 16.7 Å². The van der Waals surface area contributed by atoms with Crippen LogP contribution in [0.3, 0.4) is 0 Å². The van der Waals surface area contributed by atoms with Gasteiger partial charge in [-0.1, -0.05) is 18.5 Å². The monoisotopic (exact) mass is 334 g/mol. The first kappa shape index (κ1) is 14.8. The highest BCUT2D eigenvalue weighted by atomic mass is 79.9. The lowest BCUT2D eigenvalue weighted by atomic mass is 10.2. The molecular weight excluding hydrogens is 323 g/mol. The van der Waals surface area contributed by atoms with Crippen molar-refractivity contribution in [2.45, 2.75) is 19.4 Å². The maximum absolute atomic E-state index is 11.6. The maximum Gasteiger partial charge on any atom is 0.326 e. The van der Waals surface area contributed by atoms with Crippen LogP contribution in [0.5, 0.6) is 0 Å². The smallest absolute Gasteiger partial charge is 0.326 e. The largest absolute Gasteiger partial charge is 0.480 e. The Bertz CT molecular complexity index is 468. The summed E-state index contributed by atoms with van der Waals surface area (Å²) in [5, 5.41) is 14.2. The Kier molecular flexibility index (Phi) is 5.43. The third-order valence-electron chi connectivity index (χ3n) is 2.19. The molecule has 5 nitrogen and oxygen atoms in total. The van der Waals surface area contributed by atoms with E-state index in [2.05, 4.69) is 26.6 Å². The topological polar surface area (TPSA) is 78.4 Å². The molecule has 0 radical (unpaired) electrons. The summed E-state index contributed by atoms with van der Waals surface area (Å²) in [6, 6.07) is 3.41. The zero-order valence-corrected chi connectivity index (χ0v) is 11.9. The van der Waals surface area contributed by atoms with Gasteiger partial charge in [-0.3, -0.25) is 0 Å². The SMILES string of the molecule is CCC(NC(=O)Nc1cc(Cl)ccc1Br)C(=O)O. The van der Waals surface area contributed by atoms with Crippen molar-refractivity contribution in [1.29, 1.82) is 0 Å². The molecule has 0 heterocycles. The van der Waals surface area contributed by atoms with Crippen LogP contribution >= 0.6 is 27.5 Å². The molecule has 0 aromatic heterocycles. The summed E-state index contributed by atoms with van der Waals surface area (Å²) in [5.74, 6) is -1.07. The van der Waals surface area contributed by atoms with Crippen molar-refractivity contribution in [3.05, 3.63) is 27.7 Å². The first-order chi connectivity index (χ1) is 8.43. The fourth-order valence-corrected chi connectivity index (χ4v) is 1.77. The molecule has 1 rings (SSSR count). The number of amides is 2. The highest BCUT2D eigenvalue weighted by Crippen LogP contribution is 2.25. The van der Waals surface area contributed by atoms with Gasteiger partial charge < -0.3 is 15.7 Å². The molecule has 98 valence electrons. The number of aliphatic carboxylic acids is 1. The summed E-state index contributed by atoms with van der Waals surface area (Å²) in [4.78, 5) is 22.4. The quantitative estimate of drug-likeness (QED) is 0.791. The van der Waals surface area contributed by atoms with Crippen LogP contribution in [-0.4, -0.2) is 23.1 Å². The first-order valence-corrected chi connectivity index (χ1v) is 6.36. The number of carbonyl (C=O) groups is 2. The zero-order valence-electron chi connectivity index (χ0n) is 9.54. The normalized spacial score (nSPS) is 11.7. The van der Waals surface area contributed by atoms with E-state index in [1.807, 2.05) is 0 Å². The van der Waals surface area contributed by atoms with Crippen LogP contribution < -0.4 is 10.6 Å². The number of carboxylic acids is 1. The minimum Gasteiger partial charge on any atom is -0.480 e. The highest BCUT2D eigenvalue weighted by molar-refractivity contribution is 9.10. The summed E-state index contributed by atoms with van der Waals surface area (Å²) in [6.07, 6.45) is 0.305. The molecule has 0 spiro atoms. The van der Waals surface area contributed by atoms with Crippen LogP contribution in [0.2, 0.25) is 5.02 Å². The van der Waals surface area contributed by atoms with E-state index >= 15 is 0 Å². The van der Waals surface area contributed by atoms with Crippen LogP contribution in [0.15, 0.2) is 22.7 Å². The molecule has 3 N–H and O–H groups in total. The fraction of sp³-hybridized carbons (Fsp3) is 0.273. The van der Waals surface area contributed by atoms with Crippen LogP contribution in [0.1, 0.15) is 13.3 Å². The molecular formula is C11H12BrClN2O3. The molecule has 0 fully saturated rings. The Morgan fingerprint density at radius 2 is 2.17 bits per heavy atom. The molecule has 2 amide bonds. The summed E-state index contributed by atoms with van der Waals surface area (Å²) in [6.45, 7) is 1.67. The second-order valence-corrected chi connectivity index (χ2v) is 4.81. The van der Waals surface area contributed by atoms with E-state index in [-0.39, 0.29) is 0 Å². The van der Waals surface area contributed by atoms with Crippen molar-refractivity contribution in [1.82, 2.24) is 5.32 Å². The molecule has 18 heavy (non-hydrogen) atoms. The molecule has 1 aromatic carbocycles. The highest BCUT2D eigenvalue weighted by Gasteiger charge is 2.17. The van der Waals surface area contributed by atoms with Gasteiger partial charge in [0.05, 0.1) is 5.69 Å². The van der Waals surface area contributed by atoms with Crippen molar-refractivity contribution in [3.8, 4) is 0 Å². The van der Waals surface area contributed by atoms with Gasteiger partial charge >= 0.3 is 12.0 Å². The number of nitrogens with one attached hydrogen (secondary N) is 2. The van der Waals surface area contributed by atoms with Gasteiger partial charge in [0.2, 0.25) is 0 Å². The predicted molar refractivity (Wildman–Crippen MR) is 73.0 cm³/mol. The van der Waals surface area contributed by atoms with Gasteiger partial charge in [0, 0.05) is 9.50 Å². The number of urea groups is 1. The van der Waals surface area contributed by atoms with Gasteiger partial charge in [0.15, 0.2) is 0 Å². The van der Waals surface area contributed by atoms with E-state index in [1.165, 1.54) is 0 Å². The van der Waals surface area contributed by atoms with E-state index in [0.717, 1.165) is 0 Å². The maximum atomic E-state index is 11.6. The van der Waals surface area contributed by atoms with Gasteiger partial charge in [-0.15, -0.1) is 0 Å². The number of benzene rings is 1. The minimum absolute atomic E-state index is 0.305. The number of carboxylic acid groups (broad SMARTS) is 1. The van der Waals surface area contributed by atoms with E-state index in [9.17, 15) is 9.59 Å². The van der Waals surface area contributed by atoms with Crippen LogP contribution in [0.4, 0.5) is 10.5 Å². The zero-order chi connectivity index (χ0) is 13.7. The molecule has 0 saturated carbocycles. The summed E-state index contributed by atoms with van der Waals surface area (Å²) < 4.78 is 0.658. The molecule has 0 saturated heterocycles. The molecule has 0 aliphatic rings. The Balaban J connectivity index is 2.70. The number of carbonyl (C=O) groups excluding carboxylic acids is 1. The van der Waals surface area contributed by atoms with Gasteiger partial charge in [-0.25, -0.2) is 9.59 Å². The molecule has 1 aromatic rings. The second kappa shape index (κ2) is 6.61. The van der Waals surface area contributed by atoms with Gasteiger partial charge in [-0.2, -0.15) is 0 Å². The molecule has 0 aliphatic heterocycles. The van der Waals surface area contributed by atoms with Crippen molar-refractivity contribution in [2.75, 3.05) is 5.32 Å². The third-order valence-corrected chi connectivity index (χ3v) is 3.11. The standard InChI is InChI=1S/C11H12BrClN2O3/c1-2-8(10(16)17)14-11(18)15-9-5-6(13)3-4-7(9)12/h3-5,8H,2H2,1H3,(H,16,17)(H2,14,15,18). The Hall–Kier alpha value is -1.27. The summed E-state index contributed by atoms with van der Waals surface area (Å²) in [5.41, 5.74) is 0.472. The average molecular weight is 336 g/mol. The van der Waals surface area contributed by atoms with Crippen molar-refractivity contribution in [3.63, 3.8) is 0 Å². The fourth-order valence-electron chi connectivity index (χ4n) is 1.25. The second-order valence-electron chi connectivity index (χ2n) is 3.52. The lowest BCUT2D eigenvalue weighted by Crippen LogP contribution is -2.42. The third kappa shape index (κ3) is 4.19. The van der Waals surface area contributed by atoms with Crippen LogP contribution in [0.25, 0.3) is 0 Å². The number of hydrogen-bond acceptors (Lipinski definition) is 2. The Morgan fingerprint density at radius 3 is 2.72 bits per heavy atom. The lowest BCUT2D eigenvalue weighted by Gasteiger charge is -2.14. The summed E-state index contributed by atoms with van der Waals surface area (Å²) >= 11 is 9.05. The Labute approximate surface area is 118 Å². The molecule has 0 bridgehead atoms. The number of rotatable bonds is 4. The van der Waals surface area contributed by atoms with Crippen molar-refractivity contribution >= 4 is 45.2 Å². The molecule has 1 atom stereocenters. The molecule has 0 aliphatic carbocycles. The number of anilines is 1. The molecule has 1 unspecified atom stereocenters. The van der Waals surface area contributed by atoms with Gasteiger partial charge in [0.1, 0.15) is 6.04 Å². The number of hydrogen-bond donors (Lipinski definition) is 3. The summed E-state index contributed by atoms with van der Waals surface area (Å²) in [7, 11) is 0. The van der Waals surface area contributed by atoms with Crippen molar-refractivity contribution in [2.24, 2.45) is 0 Å². The minimum atomic E-state index is -1.07. The van der Waals surface area contributed by atoms with Crippen LogP contribution in [0, 0.1) is 0 Å². The van der Waals surface area contributed by atoms with Gasteiger partial charge in [-0.05, 0) is 40.5 Å². The van der Waals surface area contributed by atoms with E-state index in [1.54, 1.807) is 25.1 Å².